The number of likely N-dealkylation sites (tertiary alicyclic amines) is 2. The predicted molar refractivity (Wildman–Crippen MR) is 101 cm³/mol. The van der Waals surface area contributed by atoms with Crippen LogP contribution in [0, 0.1) is 11.7 Å². The van der Waals surface area contributed by atoms with Gasteiger partial charge in [0, 0.05) is 25.7 Å². The van der Waals surface area contributed by atoms with Crippen LogP contribution in [0.1, 0.15) is 44.6 Å². The predicted octanol–water partition coefficient (Wildman–Crippen LogP) is 4.09. The van der Waals surface area contributed by atoms with Crippen molar-refractivity contribution in [1.29, 1.82) is 0 Å². The molecule has 2 aliphatic rings. The van der Waals surface area contributed by atoms with Crippen LogP contribution in [0.3, 0.4) is 0 Å². The third kappa shape index (κ3) is 5.19. The number of amides is 1. The maximum Gasteiger partial charge on any atom is 0.409 e. The Morgan fingerprint density at radius 1 is 1.15 bits per heavy atom. The van der Waals surface area contributed by atoms with Gasteiger partial charge in [-0.1, -0.05) is 12.1 Å². The zero-order valence-corrected chi connectivity index (χ0v) is 15.8. The molecule has 1 amide bonds. The molecule has 2 heterocycles. The van der Waals surface area contributed by atoms with Gasteiger partial charge in [-0.25, -0.2) is 9.18 Å². The lowest BCUT2D eigenvalue weighted by atomic mass is 9.89. The molecule has 1 aromatic rings. The van der Waals surface area contributed by atoms with Crippen LogP contribution in [0.25, 0.3) is 0 Å². The fourth-order valence-corrected chi connectivity index (χ4v) is 4.31. The second kappa shape index (κ2) is 9.36. The summed E-state index contributed by atoms with van der Waals surface area (Å²) in [5.74, 6) is 0.559. The quantitative estimate of drug-likeness (QED) is 0.791. The average molecular weight is 362 g/mol. The number of nitrogens with zero attached hydrogens (tertiary/aromatic N) is 2. The molecule has 0 unspecified atom stereocenters. The van der Waals surface area contributed by atoms with Crippen molar-refractivity contribution < 1.29 is 13.9 Å². The molecule has 144 valence electrons. The Hall–Kier alpha value is -1.62. The molecule has 0 bridgehead atoms. The van der Waals surface area contributed by atoms with Crippen LogP contribution in [-0.2, 0) is 11.2 Å². The van der Waals surface area contributed by atoms with Gasteiger partial charge < -0.3 is 9.64 Å². The number of carbonyl (C=O) groups excluding carboxylic acids is 1. The SMILES string of the molecule is CCOC(=O)N1CCC(N2CCC[C@@H](CCc3ccc(F)cc3)C2)CC1. The summed E-state index contributed by atoms with van der Waals surface area (Å²) in [6, 6.07) is 7.51. The summed E-state index contributed by atoms with van der Waals surface area (Å²) in [6.45, 7) is 6.24. The Kier molecular flexibility index (Phi) is 6.89. The molecule has 0 N–H and O–H groups in total. The molecule has 0 spiro atoms. The Morgan fingerprint density at radius 2 is 1.88 bits per heavy atom. The molecule has 4 nitrogen and oxygen atoms in total. The highest BCUT2D eigenvalue weighted by molar-refractivity contribution is 5.67. The number of hydrogen-bond donors (Lipinski definition) is 0. The molecule has 0 saturated carbocycles. The third-order valence-electron chi connectivity index (χ3n) is 5.81. The van der Waals surface area contributed by atoms with E-state index in [1.165, 1.54) is 31.4 Å². The second-order valence-corrected chi connectivity index (χ2v) is 7.59. The Labute approximate surface area is 156 Å². The summed E-state index contributed by atoms with van der Waals surface area (Å²) in [5, 5.41) is 0. The van der Waals surface area contributed by atoms with Crippen molar-refractivity contribution in [3.63, 3.8) is 0 Å². The largest absolute Gasteiger partial charge is 0.450 e. The van der Waals surface area contributed by atoms with Crippen LogP contribution in [-0.4, -0.2) is 54.7 Å². The van der Waals surface area contributed by atoms with E-state index in [4.69, 9.17) is 4.74 Å². The number of aryl methyl sites for hydroxylation is 1. The molecule has 26 heavy (non-hydrogen) atoms. The third-order valence-corrected chi connectivity index (χ3v) is 5.81. The summed E-state index contributed by atoms with van der Waals surface area (Å²) >= 11 is 0. The van der Waals surface area contributed by atoms with E-state index in [1.54, 1.807) is 12.1 Å². The van der Waals surface area contributed by atoms with Gasteiger partial charge in [-0.3, -0.25) is 4.90 Å². The van der Waals surface area contributed by atoms with Crippen molar-refractivity contribution in [2.75, 3.05) is 32.8 Å². The van der Waals surface area contributed by atoms with Crippen LogP contribution in [0.15, 0.2) is 24.3 Å². The van der Waals surface area contributed by atoms with E-state index in [0.29, 0.717) is 12.6 Å². The molecular formula is C21H31FN2O2. The molecule has 3 rings (SSSR count). The van der Waals surface area contributed by atoms with Gasteiger partial charge in [0.05, 0.1) is 6.61 Å². The fraction of sp³-hybridized carbons (Fsp3) is 0.667. The van der Waals surface area contributed by atoms with Gasteiger partial charge in [0.1, 0.15) is 5.82 Å². The van der Waals surface area contributed by atoms with E-state index in [1.807, 2.05) is 24.0 Å². The summed E-state index contributed by atoms with van der Waals surface area (Å²) in [5.41, 5.74) is 1.23. The molecule has 2 aliphatic heterocycles. The van der Waals surface area contributed by atoms with E-state index in [9.17, 15) is 9.18 Å². The van der Waals surface area contributed by atoms with Crippen LogP contribution in [0.2, 0.25) is 0 Å². The summed E-state index contributed by atoms with van der Waals surface area (Å²) in [7, 11) is 0. The number of halogens is 1. The van der Waals surface area contributed by atoms with E-state index < -0.39 is 0 Å². The fourth-order valence-electron chi connectivity index (χ4n) is 4.31. The van der Waals surface area contributed by atoms with Gasteiger partial charge in [-0.15, -0.1) is 0 Å². The summed E-state index contributed by atoms with van der Waals surface area (Å²) in [6.07, 6.45) is 6.67. The molecule has 5 heteroatoms. The van der Waals surface area contributed by atoms with Crippen LogP contribution < -0.4 is 0 Å². The molecule has 0 aromatic heterocycles. The maximum atomic E-state index is 13.0. The topological polar surface area (TPSA) is 32.8 Å². The lowest BCUT2D eigenvalue weighted by Crippen LogP contribution is -2.49. The number of carbonyl (C=O) groups is 1. The van der Waals surface area contributed by atoms with Gasteiger partial charge in [0.25, 0.3) is 0 Å². The minimum absolute atomic E-state index is 0.160. The van der Waals surface area contributed by atoms with Gasteiger partial charge in [0.2, 0.25) is 0 Å². The van der Waals surface area contributed by atoms with Gasteiger partial charge in [-0.05, 0) is 75.6 Å². The van der Waals surface area contributed by atoms with Gasteiger partial charge in [0.15, 0.2) is 0 Å². The highest BCUT2D eigenvalue weighted by Gasteiger charge is 2.30. The molecule has 0 radical (unpaired) electrons. The van der Waals surface area contributed by atoms with Crippen molar-refractivity contribution >= 4 is 6.09 Å². The van der Waals surface area contributed by atoms with Gasteiger partial charge >= 0.3 is 6.09 Å². The lowest BCUT2D eigenvalue weighted by molar-refractivity contribution is 0.0567. The first-order valence-electron chi connectivity index (χ1n) is 10.1. The zero-order chi connectivity index (χ0) is 18.4. The maximum absolute atomic E-state index is 13.0. The minimum Gasteiger partial charge on any atom is -0.450 e. The minimum atomic E-state index is -0.165. The molecular weight excluding hydrogens is 331 g/mol. The van der Waals surface area contributed by atoms with Gasteiger partial charge in [-0.2, -0.15) is 0 Å². The Morgan fingerprint density at radius 3 is 2.58 bits per heavy atom. The first kappa shape index (κ1) is 19.2. The van der Waals surface area contributed by atoms with Crippen LogP contribution >= 0.6 is 0 Å². The number of ether oxygens (including phenoxy) is 1. The van der Waals surface area contributed by atoms with E-state index >= 15 is 0 Å². The summed E-state index contributed by atoms with van der Waals surface area (Å²) < 4.78 is 18.1. The van der Waals surface area contributed by atoms with Crippen LogP contribution in [0.4, 0.5) is 9.18 Å². The van der Waals surface area contributed by atoms with Crippen LogP contribution in [0.5, 0.6) is 0 Å². The molecule has 1 atom stereocenters. The van der Waals surface area contributed by atoms with Crippen molar-refractivity contribution in [3.05, 3.63) is 35.6 Å². The van der Waals surface area contributed by atoms with Crippen molar-refractivity contribution in [3.8, 4) is 0 Å². The van der Waals surface area contributed by atoms with E-state index in [2.05, 4.69) is 4.90 Å². The normalized spacial score (nSPS) is 22.4. The smallest absolute Gasteiger partial charge is 0.409 e. The number of benzene rings is 1. The Balaban J connectivity index is 1.43. The monoisotopic (exact) mass is 362 g/mol. The second-order valence-electron chi connectivity index (χ2n) is 7.59. The lowest BCUT2D eigenvalue weighted by Gasteiger charge is -2.42. The molecule has 1 aromatic carbocycles. The average Bonchev–Trinajstić information content (AvgIpc) is 2.68. The number of piperidine rings is 2. The highest BCUT2D eigenvalue weighted by Crippen LogP contribution is 2.26. The number of hydrogen-bond acceptors (Lipinski definition) is 3. The molecule has 0 aliphatic carbocycles. The van der Waals surface area contributed by atoms with Crippen molar-refractivity contribution in [1.82, 2.24) is 9.80 Å². The summed E-state index contributed by atoms with van der Waals surface area (Å²) in [4.78, 5) is 16.3. The van der Waals surface area contributed by atoms with Crippen molar-refractivity contribution in [2.24, 2.45) is 5.92 Å². The highest BCUT2D eigenvalue weighted by atomic mass is 19.1. The van der Waals surface area contributed by atoms with E-state index in [-0.39, 0.29) is 11.9 Å². The zero-order valence-electron chi connectivity index (χ0n) is 15.8. The molecule has 2 fully saturated rings. The number of rotatable bonds is 5. The van der Waals surface area contributed by atoms with Crippen molar-refractivity contribution in [2.45, 2.75) is 51.5 Å². The van der Waals surface area contributed by atoms with E-state index in [0.717, 1.165) is 44.8 Å². The first-order valence-corrected chi connectivity index (χ1v) is 10.1. The Bertz CT molecular complexity index is 570. The first-order chi connectivity index (χ1) is 12.7. The molecule has 2 saturated heterocycles. The standard InChI is InChI=1S/C21H31FN2O2/c1-2-26-21(25)23-14-11-20(12-15-23)24-13-3-4-18(16-24)6-5-17-7-9-19(22)10-8-17/h7-10,18,20H,2-6,11-16H2,1H3/t18-/m0/s1.